The van der Waals surface area contributed by atoms with Crippen molar-refractivity contribution in [1.82, 2.24) is 9.97 Å². The van der Waals surface area contributed by atoms with Crippen molar-refractivity contribution in [3.05, 3.63) is 17.0 Å². The number of hydrogen-bond acceptors (Lipinski definition) is 4. The van der Waals surface area contributed by atoms with Crippen LogP contribution in [0.4, 0.5) is 5.82 Å². The van der Waals surface area contributed by atoms with Crippen LogP contribution in [0.5, 0.6) is 0 Å². The van der Waals surface area contributed by atoms with E-state index >= 15 is 0 Å². The zero-order chi connectivity index (χ0) is 11.6. The number of nitrogens with one attached hydrogen (secondary N) is 1. The molecule has 0 unspecified atom stereocenters. The highest BCUT2D eigenvalue weighted by atomic mass is 35.5. The third kappa shape index (κ3) is 2.44. The number of aliphatic hydroxyl groups excluding tert-OH is 1. The molecular formula is C11H16ClN3O. The second-order valence-electron chi connectivity index (χ2n) is 4.39. The number of nitrogens with zero attached hydrogens (tertiary/aromatic N) is 2. The zero-order valence-corrected chi connectivity index (χ0v) is 10.1. The molecule has 1 saturated carbocycles. The fourth-order valence-electron chi connectivity index (χ4n) is 2.24. The molecule has 0 amide bonds. The van der Waals surface area contributed by atoms with E-state index in [1.165, 1.54) is 0 Å². The fourth-order valence-corrected chi connectivity index (χ4v) is 2.47. The summed E-state index contributed by atoms with van der Waals surface area (Å²) in [5.74, 6) is 1.34. The lowest BCUT2D eigenvalue weighted by molar-refractivity contribution is 0.214. The van der Waals surface area contributed by atoms with Crippen LogP contribution in [0.2, 0.25) is 5.15 Å². The average molecular weight is 242 g/mol. The Kier molecular flexibility index (Phi) is 3.30. The molecule has 0 atom stereocenters. The van der Waals surface area contributed by atoms with Crippen LogP contribution < -0.4 is 5.32 Å². The Morgan fingerprint density at radius 2 is 2.12 bits per heavy atom. The topological polar surface area (TPSA) is 58.0 Å². The van der Waals surface area contributed by atoms with E-state index in [4.69, 9.17) is 11.6 Å². The lowest BCUT2D eigenvalue weighted by Crippen LogP contribution is -2.39. The van der Waals surface area contributed by atoms with E-state index in [0.29, 0.717) is 16.8 Å². The number of hydrogen-bond donors (Lipinski definition) is 2. The van der Waals surface area contributed by atoms with Gasteiger partial charge in [-0.05, 0) is 19.8 Å². The molecule has 1 aliphatic carbocycles. The molecule has 0 radical (unpaired) electrons. The van der Waals surface area contributed by atoms with Gasteiger partial charge in [-0.2, -0.15) is 0 Å². The maximum atomic E-state index is 9.48. The molecule has 1 aromatic rings. The normalized spacial score (nSPS) is 18.7. The first kappa shape index (κ1) is 11.6. The highest BCUT2D eigenvalue weighted by Gasteiger charge is 2.33. The van der Waals surface area contributed by atoms with Gasteiger partial charge in [-0.15, -0.1) is 0 Å². The number of anilines is 1. The standard InChI is InChI=1S/C11H16ClN3O/c1-8-13-9(12)6-10(14-8)15-11(7-16)4-2-3-5-11/h6,16H,2-5,7H2,1H3,(H,13,14,15). The molecule has 0 spiro atoms. The third-order valence-electron chi connectivity index (χ3n) is 3.06. The van der Waals surface area contributed by atoms with Crippen molar-refractivity contribution in [3.63, 3.8) is 0 Å². The molecule has 88 valence electrons. The molecule has 0 saturated heterocycles. The van der Waals surface area contributed by atoms with Gasteiger partial charge in [0.05, 0.1) is 12.1 Å². The van der Waals surface area contributed by atoms with E-state index in [1.807, 2.05) is 0 Å². The quantitative estimate of drug-likeness (QED) is 0.797. The molecule has 1 heterocycles. The Morgan fingerprint density at radius 3 is 2.69 bits per heavy atom. The largest absolute Gasteiger partial charge is 0.394 e. The van der Waals surface area contributed by atoms with Crippen LogP contribution >= 0.6 is 11.6 Å². The van der Waals surface area contributed by atoms with Crippen molar-refractivity contribution in [1.29, 1.82) is 0 Å². The van der Waals surface area contributed by atoms with Gasteiger partial charge in [-0.25, -0.2) is 9.97 Å². The predicted molar refractivity (Wildman–Crippen MR) is 63.7 cm³/mol. The first-order valence-corrected chi connectivity index (χ1v) is 5.92. The first-order valence-electron chi connectivity index (χ1n) is 5.54. The highest BCUT2D eigenvalue weighted by molar-refractivity contribution is 6.29. The number of aryl methyl sites for hydroxylation is 1. The molecule has 4 nitrogen and oxygen atoms in total. The van der Waals surface area contributed by atoms with Crippen LogP contribution in [0.3, 0.4) is 0 Å². The van der Waals surface area contributed by atoms with Crippen molar-refractivity contribution in [2.75, 3.05) is 11.9 Å². The lowest BCUT2D eigenvalue weighted by Gasteiger charge is -2.28. The third-order valence-corrected chi connectivity index (χ3v) is 3.26. The van der Waals surface area contributed by atoms with Crippen molar-refractivity contribution in [2.24, 2.45) is 0 Å². The SMILES string of the molecule is Cc1nc(Cl)cc(NC2(CO)CCCC2)n1. The molecule has 1 fully saturated rings. The van der Waals surface area contributed by atoms with Crippen LogP contribution in [0.15, 0.2) is 6.07 Å². The summed E-state index contributed by atoms with van der Waals surface area (Å²) in [6.45, 7) is 1.94. The van der Waals surface area contributed by atoms with E-state index in [0.717, 1.165) is 25.7 Å². The Hall–Kier alpha value is -0.870. The summed E-state index contributed by atoms with van der Waals surface area (Å²) >= 11 is 5.87. The maximum absolute atomic E-state index is 9.48. The van der Waals surface area contributed by atoms with E-state index in [1.54, 1.807) is 13.0 Å². The minimum absolute atomic E-state index is 0.133. The summed E-state index contributed by atoms with van der Waals surface area (Å²) in [6, 6.07) is 1.70. The van der Waals surface area contributed by atoms with Crippen LogP contribution in [0.1, 0.15) is 31.5 Å². The lowest BCUT2D eigenvalue weighted by atomic mass is 9.99. The summed E-state index contributed by atoms with van der Waals surface area (Å²) in [5.41, 5.74) is -0.218. The van der Waals surface area contributed by atoms with Gasteiger partial charge < -0.3 is 10.4 Å². The van der Waals surface area contributed by atoms with Gasteiger partial charge >= 0.3 is 0 Å². The monoisotopic (exact) mass is 241 g/mol. The molecule has 5 heteroatoms. The van der Waals surface area contributed by atoms with Gasteiger partial charge in [0.1, 0.15) is 16.8 Å². The molecule has 1 aliphatic rings. The van der Waals surface area contributed by atoms with Gasteiger partial charge in [-0.3, -0.25) is 0 Å². The highest BCUT2D eigenvalue weighted by Crippen LogP contribution is 2.32. The van der Waals surface area contributed by atoms with Crippen LogP contribution in [-0.2, 0) is 0 Å². The number of rotatable bonds is 3. The van der Waals surface area contributed by atoms with Crippen molar-refractivity contribution < 1.29 is 5.11 Å². The Morgan fingerprint density at radius 1 is 1.44 bits per heavy atom. The van der Waals surface area contributed by atoms with Gasteiger partial charge in [0.2, 0.25) is 0 Å². The van der Waals surface area contributed by atoms with Gasteiger partial charge in [-0.1, -0.05) is 24.4 Å². The molecule has 2 rings (SSSR count). The summed E-state index contributed by atoms with van der Waals surface area (Å²) in [4.78, 5) is 8.28. The Bertz CT molecular complexity index is 357. The summed E-state index contributed by atoms with van der Waals surface area (Å²) in [5, 5.41) is 13.2. The molecular weight excluding hydrogens is 226 g/mol. The van der Waals surface area contributed by atoms with Crippen molar-refractivity contribution >= 4 is 17.4 Å². The number of halogens is 1. The second kappa shape index (κ2) is 4.55. The average Bonchev–Trinajstić information content (AvgIpc) is 2.65. The smallest absolute Gasteiger partial charge is 0.134 e. The Balaban J connectivity index is 2.18. The van der Waals surface area contributed by atoms with E-state index in [2.05, 4.69) is 15.3 Å². The summed E-state index contributed by atoms with van der Waals surface area (Å²) in [7, 11) is 0. The minimum Gasteiger partial charge on any atom is -0.394 e. The fraction of sp³-hybridized carbons (Fsp3) is 0.636. The van der Waals surface area contributed by atoms with E-state index in [-0.39, 0.29) is 12.1 Å². The second-order valence-corrected chi connectivity index (χ2v) is 4.78. The molecule has 0 bridgehead atoms. The van der Waals surface area contributed by atoms with Gasteiger partial charge in [0.25, 0.3) is 0 Å². The van der Waals surface area contributed by atoms with Gasteiger partial charge in [0.15, 0.2) is 0 Å². The molecule has 16 heavy (non-hydrogen) atoms. The van der Waals surface area contributed by atoms with Crippen LogP contribution in [0, 0.1) is 6.92 Å². The van der Waals surface area contributed by atoms with Crippen LogP contribution in [-0.4, -0.2) is 27.2 Å². The summed E-state index contributed by atoms with van der Waals surface area (Å²) in [6.07, 6.45) is 4.24. The molecule has 0 aliphatic heterocycles. The Labute approximate surface area is 100 Å². The van der Waals surface area contributed by atoms with E-state index < -0.39 is 0 Å². The number of aromatic nitrogens is 2. The van der Waals surface area contributed by atoms with Crippen molar-refractivity contribution in [3.8, 4) is 0 Å². The molecule has 2 N–H and O–H groups in total. The first-order chi connectivity index (χ1) is 7.63. The molecule has 1 aromatic heterocycles. The summed E-state index contributed by atoms with van der Waals surface area (Å²) < 4.78 is 0. The predicted octanol–water partition coefficient (Wildman–Crippen LogP) is 2.16. The minimum atomic E-state index is -0.218. The van der Waals surface area contributed by atoms with Gasteiger partial charge in [0, 0.05) is 6.07 Å². The zero-order valence-electron chi connectivity index (χ0n) is 9.33. The van der Waals surface area contributed by atoms with Crippen LogP contribution in [0.25, 0.3) is 0 Å². The molecule has 0 aromatic carbocycles. The van der Waals surface area contributed by atoms with Crippen molar-refractivity contribution in [2.45, 2.75) is 38.1 Å². The number of aliphatic hydroxyl groups is 1. The van der Waals surface area contributed by atoms with E-state index in [9.17, 15) is 5.11 Å². The maximum Gasteiger partial charge on any atom is 0.134 e.